The van der Waals surface area contributed by atoms with Gasteiger partial charge in [-0.15, -0.1) is 10.2 Å². The average Bonchev–Trinajstić information content (AvgIpc) is 3.15. The fourth-order valence-corrected chi connectivity index (χ4v) is 3.53. The quantitative estimate of drug-likeness (QED) is 0.512. The predicted molar refractivity (Wildman–Crippen MR) is 98.2 cm³/mol. The van der Waals surface area contributed by atoms with E-state index in [0.717, 1.165) is 5.56 Å². The first kappa shape index (κ1) is 15.9. The van der Waals surface area contributed by atoms with E-state index in [1.54, 1.807) is 22.7 Å². The molecule has 4 nitrogen and oxygen atoms in total. The fourth-order valence-electron chi connectivity index (χ4n) is 2.66. The number of hydrogen-bond donors (Lipinski definition) is 0. The number of nitrogens with zero attached hydrogens (tertiary/aromatic N) is 4. The Hall–Kier alpha value is -2.60. The standard InChI is InChI=1S/C19H17FN4S/c1-19(2,3)13-10-8-12(9-11-13)16-21-22-18-24(16)23-17(25-18)14-6-4-5-7-15(14)20/h4-11H,1-3H3. The number of rotatable bonds is 2. The Morgan fingerprint density at radius 2 is 1.68 bits per heavy atom. The maximum Gasteiger partial charge on any atom is 0.235 e. The number of hydrogen-bond acceptors (Lipinski definition) is 4. The molecule has 4 rings (SSSR count). The van der Waals surface area contributed by atoms with Gasteiger partial charge in [0.2, 0.25) is 4.96 Å². The van der Waals surface area contributed by atoms with Gasteiger partial charge in [-0.05, 0) is 23.1 Å². The molecule has 0 atom stereocenters. The number of fused-ring (bicyclic) bond motifs is 1. The number of halogens is 1. The first-order valence-corrected chi connectivity index (χ1v) is 8.83. The maximum atomic E-state index is 14.0. The molecule has 25 heavy (non-hydrogen) atoms. The average molecular weight is 352 g/mol. The molecule has 0 spiro atoms. The fraction of sp³-hybridized carbons (Fsp3) is 0.211. The lowest BCUT2D eigenvalue weighted by molar-refractivity contribution is 0.590. The van der Waals surface area contributed by atoms with E-state index in [1.807, 2.05) is 12.1 Å². The van der Waals surface area contributed by atoms with Crippen LogP contribution in [0.4, 0.5) is 4.39 Å². The Morgan fingerprint density at radius 3 is 2.36 bits per heavy atom. The molecule has 0 radical (unpaired) electrons. The highest BCUT2D eigenvalue weighted by atomic mass is 32.1. The first-order chi connectivity index (χ1) is 11.9. The van der Waals surface area contributed by atoms with Crippen LogP contribution < -0.4 is 0 Å². The Kier molecular flexibility index (Phi) is 3.65. The van der Waals surface area contributed by atoms with Gasteiger partial charge in [-0.25, -0.2) is 4.39 Å². The van der Waals surface area contributed by atoms with Crippen molar-refractivity contribution < 1.29 is 4.39 Å². The zero-order chi connectivity index (χ0) is 17.6. The van der Waals surface area contributed by atoms with Crippen LogP contribution in [0.1, 0.15) is 26.3 Å². The lowest BCUT2D eigenvalue weighted by Crippen LogP contribution is -2.10. The lowest BCUT2D eigenvalue weighted by atomic mass is 9.87. The smallest absolute Gasteiger partial charge is 0.206 e. The molecular weight excluding hydrogens is 335 g/mol. The highest BCUT2D eigenvalue weighted by Gasteiger charge is 2.17. The third kappa shape index (κ3) is 2.82. The number of aromatic nitrogens is 4. The van der Waals surface area contributed by atoms with Crippen LogP contribution in [0.25, 0.3) is 26.9 Å². The maximum absolute atomic E-state index is 14.0. The minimum absolute atomic E-state index is 0.0946. The minimum Gasteiger partial charge on any atom is -0.206 e. The third-order valence-corrected chi connectivity index (χ3v) is 5.04. The third-order valence-electron chi connectivity index (χ3n) is 4.10. The molecule has 0 amide bonds. The highest BCUT2D eigenvalue weighted by molar-refractivity contribution is 7.19. The van der Waals surface area contributed by atoms with Crippen molar-refractivity contribution in [3.8, 4) is 22.0 Å². The van der Waals surface area contributed by atoms with Gasteiger partial charge in [0.1, 0.15) is 5.82 Å². The summed E-state index contributed by atoms with van der Waals surface area (Å²) in [4.78, 5) is 0.646. The van der Waals surface area contributed by atoms with Crippen LogP contribution in [-0.4, -0.2) is 19.8 Å². The molecule has 0 saturated heterocycles. The van der Waals surface area contributed by atoms with Gasteiger partial charge in [0.05, 0.1) is 0 Å². The van der Waals surface area contributed by atoms with Crippen molar-refractivity contribution >= 4 is 16.3 Å². The van der Waals surface area contributed by atoms with Gasteiger partial charge in [-0.2, -0.15) is 9.61 Å². The summed E-state index contributed by atoms with van der Waals surface area (Å²) in [7, 11) is 0. The topological polar surface area (TPSA) is 43.1 Å². The largest absolute Gasteiger partial charge is 0.235 e. The molecule has 126 valence electrons. The van der Waals surface area contributed by atoms with Crippen molar-refractivity contribution in [1.82, 2.24) is 19.8 Å². The summed E-state index contributed by atoms with van der Waals surface area (Å²) >= 11 is 1.33. The van der Waals surface area contributed by atoms with Crippen molar-refractivity contribution in [3.63, 3.8) is 0 Å². The summed E-state index contributed by atoms with van der Waals surface area (Å²) < 4.78 is 15.7. The van der Waals surface area contributed by atoms with Crippen molar-refractivity contribution in [2.24, 2.45) is 0 Å². The second-order valence-electron chi connectivity index (χ2n) is 6.93. The normalized spacial score (nSPS) is 12.0. The summed E-state index contributed by atoms with van der Waals surface area (Å²) in [6.07, 6.45) is 0. The molecule has 0 aliphatic rings. The Morgan fingerprint density at radius 1 is 0.960 bits per heavy atom. The molecule has 2 aromatic heterocycles. The number of benzene rings is 2. The Balaban J connectivity index is 1.78. The lowest BCUT2D eigenvalue weighted by Gasteiger charge is -2.18. The van der Waals surface area contributed by atoms with E-state index in [2.05, 4.69) is 48.2 Å². The molecule has 2 aromatic carbocycles. The second-order valence-corrected chi connectivity index (χ2v) is 7.89. The summed E-state index contributed by atoms with van der Waals surface area (Å²) in [5.74, 6) is 0.373. The molecule has 4 aromatic rings. The van der Waals surface area contributed by atoms with Gasteiger partial charge in [0, 0.05) is 11.1 Å². The van der Waals surface area contributed by atoms with Gasteiger partial charge < -0.3 is 0 Å². The predicted octanol–water partition coefficient (Wildman–Crippen LogP) is 4.96. The molecule has 0 unspecified atom stereocenters. The van der Waals surface area contributed by atoms with Gasteiger partial charge in [0.15, 0.2) is 10.8 Å². The minimum atomic E-state index is -0.288. The Bertz CT molecular complexity index is 1040. The van der Waals surface area contributed by atoms with Gasteiger partial charge in [0.25, 0.3) is 0 Å². The van der Waals surface area contributed by atoms with E-state index in [-0.39, 0.29) is 11.2 Å². The second kappa shape index (κ2) is 5.74. The molecule has 0 N–H and O–H groups in total. The van der Waals surface area contributed by atoms with Crippen LogP contribution in [0, 0.1) is 5.82 Å². The Labute approximate surface area is 149 Å². The molecule has 2 heterocycles. The summed E-state index contributed by atoms with van der Waals surface area (Å²) in [6.45, 7) is 6.54. The van der Waals surface area contributed by atoms with Crippen molar-refractivity contribution in [2.75, 3.05) is 0 Å². The van der Waals surface area contributed by atoms with Gasteiger partial charge >= 0.3 is 0 Å². The van der Waals surface area contributed by atoms with Gasteiger partial charge in [-0.1, -0.05) is 68.5 Å². The molecule has 0 aliphatic heterocycles. The van der Waals surface area contributed by atoms with Crippen LogP contribution in [0.3, 0.4) is 0 Å². The van der Waals surface area contributed by atoms with E-state index in [1.165, 1.54) is 23.0 Å². The monoisotopic (exact) mass is 352 g/mol. The molecule has 6 heteroatoms. The van der Waals surface area contributed by atoms with Crippen molar-refractivity contribution in [1.29, 1.82) is 0 Å². The molecule has 0 aliphatic carbocycles. The molecular formula is C19H17FN4S. The zero-order valence-electron chi connectivity index (χ0n) is 14.2. The van der Waals surface area contributed by atoms with Crippen molar-refractivity contribution in [2.45, 2.75) is 26.2 Å². The first-order valence-electron chi connectivity index (χ1n) is 8.01. The summed E-state index contributed by atoms with van der Waals surface area (Å²) in [5, 5.41) is 13.5. The van der Waals surface area contributed by atoms with E-state index in [0.29, 0.717) is 21.4 Å². The SMILES string of the molecule is CC(C)(C)c1ccc(-c2nnc3sc(-c4ccccc4F)nn23)cc1. The van der Waals surface area contributed by atoms with Gasteiger partial charge in [-0.3, -0.25) is 0 Å². The van der Waals surface area contributed by atoms with Crippen LogP contribution in [0.2, 0.25) is 0 Å². The van der Waals surface area contributed by atoms with Crippen molar-refractivity contribution in [3.05, 3.63) is 59.9 Å². The summed E-state index contributed by atoms with van der Waals surface area (Å²) in [6, 6.07) is 14.9. The molecule has 0 fully saturated rings. The van der Waals surface area contributed by atoms with E-state index >= 15 is 0 Å². The molecule has 0 saturated carbocycles. The van der Waals surface area contributed by atoms with Crippen LogP contribution in [0.15, 0.2) is 48.5 Å². The van der Waals surface area contributed by atoms with Crippen LogP contribution in [0.5, 0.6) is 0 Å². The highest BCUT2D eigenvalue weighted by Crippen LogP contribution is 2.30. The van der Waals surface area contributed by atoms with E-state index in [9.17, 15) is 4.39 Å². The van der Waals surface area contributed by atoms with Crippen LogP contribution in [-0.2, 0) is 5.41 Å². The zero-order valence-corrected chi connectivity index (χ0v) is 15.0. The van der Waals surface area contributed by atoms with E-state index in [4.69, 9.17) is 0 Å². The molecule has 0 bridgehead atoms. The van der Waals surface area contributed by atoms with Crippen LogP contribution >= 0.6 is 11.3 Å². The summed E-state index contributed by atoms with van der Waals surface area (Å²) in [5.41, 5.74) is 2.76. The van der Waals surface area contributed by atoms with E-state index < -0.39 is 0 Å².